The molecule has 0 saturated carbocycles. The number of nitrogens with zero attached hydrogens (tertiary/aromatic N) is 2. The molecule has 7 nitrogen and oxygen atoms in total. The Labute approximate surface area is 250 Å². The van der Waals surface area contributed by atoms with E-state index in [4.69, 9.17) is 9.47 Å². The molecule has 43 heavy (non-hydrogen) atoms. The smallest absolute Gasteiger partial charge is 0.233 e. The number of halogens is 1. The van der Waals surface area contributed by atoms with E-state index in [9.17, 15) is 19.1 Å². The number of carbonyl (C=O) groups is 2. The molecule has 0 radical (unpaired) electrons. The maximum absolute atomic E-state index is 14.1. The number of hydrogen-bond donors (Lipinski definition) is 1. The number of rotatable bonds is 10. The number of aromatic hydroxyl groups is 1. The molecular weight excluding hydrogens is 547 g/mol. The predicted molar refractivity (Wildman–Crippen MR) is 160 cm³/mol. The van der Waals surface area contributed by atoms with Gasteiger partial charge in [0.05, 0.1) is 30.2 Å². The molecule has 0 spiro atoms. The second kappa shape index (κ2) is 12.5. The number of imide groups is 1. The number of amides is 2. The number of hydrogen-bond acceptors (Lipinski definition) is 6. The number of fused-ring (bicyclic) bond motifs is 3. The van der Waals surface area contributed by atoms with Crippen LogP contribution in [0.1, 0.15) is 43.9 Å². The van der Waals surface area contributed by atoms with Gasteiger partial charge in [-0.2, -0.15) is 0 Å². The number of para-hydroxylation sites is 1. The van der Waals surface area contributed by atoms with Crippen molar-refractivity contribution in [2.45, 2.75) is 38.7 Å². The number of ether oxygens (including phenoxy) is 2. The van der Waals surface area contributed by atoms with Crippen molar-refractivity contribution in [3.63, 3.8) is 0 Å². The highest BCUT2D eigenvalue weighted by atomic mass is 19.1. The Kier molecular flexibility index (Phi) is 8.38. The van der Waals surface area contributed by atoms with Crippen LogP contribution in [-0.4, -0.2) is 52.7 Å². The Morgan fingerprint density at radius 3 is 2.65 bits per heavy atom. The third-order valence-corrected chi connectivity index (χ3v) is 8.69. The van der Waals surface area contributed by atoms with Gasteiger partial charge in [0.1, 0.15) is 12.4 Å². The molecule has 0 unspecified atom stereocenters. The summed E-state index contributed by atoms with van der Waals surface area (Å²) in [6, 6.07) is 19.5. The molecule has 3 aromatic rings. The summed E-state index contributed by atoms with van der Waals surface area (Å²) in [6.45, 7) is 3.10. The van der Waals surface area contributed by atoms with Gasteiger partial charge in [0.2, 0.25) is 11.8 Å². The van der Waals surface area contributed by atoms with E-state index in [-0.39, 0.29) is 23.8 Å². The SMILES string of the molecule is CCCN1C(=O)[C@@H]2[C@@H](CC(COc3ccccc3)=C3[C@@H](CC/C(=C/c4ccc(O)c(F)c4)c4ccccn4)OC[C@@H]32)C1=O. The van der Waals surface area contributed by atoms with Crippen molar-refractivity contribution in [2.75, 3.05) is 19.8 Å². The minimum Gasteiger partial charge on any atom is -0.505 e. The summed E-state index contributed by atoms with van der Waals surface area (Å²) >= 11 is 0. The summed E-state index contributed by atoms with van der Waals surface area (Å²) in [5, 5.41) is 9.65. The zero-order valence-electron chi connectivity index (χ0n) is 24.1. The molecule has 3 aliphatic rings. The number of allylic oxidation sites excluding steroid dienone is 1. The van der Waals surface area contributed by atoms with Gasteiger partial charge in [0.15, 0.2) is 11.6 Å². The average Bonchev–Trinajstić information content (AvgIpc) is 3.55. The van der Waals surface area contributed by atoms with E-state index in [1.54, 1.807) is 12.3 Å². The van der Waals surface area contributed by atoms with Crippen LogP contribution in [0.5, 0.6) is 11.5 Å². The second-order valence-corrected chi connectivity index (χ2v) is 11.4. The molecule has 4 atom stereocenters. The molecule has 3 heterocycles. The van der Waals surface area contributed by atoms with Crippen LogP contribution in [0.4, 0.5) is 4.39 Å². The molecule has 8 heteroatoms. The van der Waals surface area contributed by atoms with E-state index in [1.807, 2.05) is 61.5 Å². The number of likely N-dealkylation sites (tertiary alicyclic amines) is 1. The van der Waals surface area contributed by atoms with Crippen LogP contribution in [0, 0.1) is 23.6 Å². The molecule has 1 N–H and O–H groups in total. The first-order chi connectivity index (χ1) is 20.9. The van der Waals surface area contributed by atoms with Crippen LogP contribution in [0.15, 0.2) is 84.1 Å². The number of carbonyl (C=O) groups excluding carboxylic acids is 2. The number of benzene rings is 2. The van der Waals surface area contributed by atoms with Crippen LogP contribution in [-0.2, 0) is 14.3 Å². The van der Waals surface area contributed by atoms with Crippen molar-refractivity contribution in [1.29, 1.82) is 0 Å². The summed E-state index contributed by atoms with van der Waals surface area (Å²) in [6.07, 6.45) is 5.73. The monoisotopic (exact) mass is 582 g/mol. The molecule has 0 bridgehead atoms. The van der Waals surface area contributed by atoms with E-state index >= 15 is 0 Å². The van der Waals surface area contributed by atoms with Crippen LogP contribution >= 0.6 is 0 Å². The topological polar surface area (TPSA) is 89.0 Å². The molecule has 2 aromatic carbocycles. The van der Waals surface area contributed by atoms with Crippen LogP contribution in [0.3, 0.4) is 0 Å². The first kappa shape index (κ1) is 28.8. The van der Waals surface area contributed by atoms with Crippen molar-refractivity contribution in [2.24, 2.45) is 17.8 Å². The minimum absolute atomic E-state index is 0.0851. The largest absolute Gasteiger partial charge is 0.505 e. The second-order valence-electron chi connectivity index (χ2n) is 11.4. The van der Waals surface area contributed by atoms with Gasteiger partial charge in [0.25, 0.3) is 0 Å². The summed E-state index contributed by atoms with van der Waals surface area (Å²) in [7, 11) is 0. The highest BCUT2D eigenvalue weighted by Gasteiger charge is 2.56. The highest BCUT2D eigenvalue weighted by molar-refractivity contribution is 6.06. The zero-order valence-corrected chi connectivity index (χ0v) is 24.1. The van der Waals surface area contributed by atoms with Crippen molar-refractivity contribution in [3.8, 4) is 11.5 Å². The Hall–Kier alpha value is -4.30. The van der Waals surface area contributed by atoms with Gasteiger partial charge in [-0.1, -0.05) is 37.3 Å². The van der Waals surface area contributed by atoms with Crippen LogP contribution < -0.4 is 4.74 Å². The number of phenolic OH excluding ortho intramolecular Hbond substituents is 1. The standard InChI is InChI=1S/C35H35FN2O5/c1-2-16-38-34(40)26-19-24(20-42-25-8-4-3-5-9-25)32-27(33(26)35(38)41)21-43-31(32)14-12-23(29-10-6-7-15-37-29)17-22-11-13-30(39)28(36)18-22/h3-11,13,15,17-18,26-27,31,33,39H,2,12,14,16,19-21H2,1H3/b23-17-/t26-,27+,31-,33-/m1/s1. The van der Waals surface area contributed by atoms with E-state index in [2.05, 4.69) is 4.98 Å². The maximum Gasteiger partial charge on any atom is 0.233 e. The average molecular weight is 583 g/mol. The molecule has 2 saturated heterocycles. The van der Waals surface area contributed by atoms with Crippen molar-refractivity contribution >= 4 is 23.5 Å². The summed E-state index contributed by atoms with van der Waals surface area (Å²) < 4.78 is 26.7. The van der Waals surface area contributed by atoms with Gasteiger partial charge in [0, 0.05) is 18.7 Å². The zero-order chi connectivity index (χ0) is 29.9. The van der Waals surface area contributed by atoms with Crippen molar-refractivity contribution in [3.05, 3.63) is 101 Å². The molecular formula is C35H35FN2O5. The molecule has 2 amide bonds. The Balaban J connectivity index is 1.30. The maximum atomic E-state index is 14.1. The molecule has 222 valence electrons. The van der Waals surface area contributed by atoms with E-state index in [0.29, 0.717) is 44.6 Å². The summed E-state index contributed by atoms with van der Waals surface area (Å²) in [5.74, 6) is -1.49. The van der Waals surface area contributed by atoms with Gasteiger partial charge in [-0.15, -0.1) is 0 Å². The quantitative estimate of drug-likeness (QED) is 0.231. The van der Waals surface area contributed by atoms with Gasteiger partial charge < -0.3 is 14.6 Å². The lowest BCUT2D eigenvalue weighted by molar-refractivity contribution is -0.140. The lowest BCUT2D eigenvalue weighted by Gasteiger charge is -2.31. The minimum atomic E-state index is -0.686. The van der Waals surface area contributed by atoms with E-state index in [1.165, 1.54) is 17.0 Å². The number of pyridine rings is 1. The van der Waals surface area contributed by atoms with Crippen LogP contribution in [0.2, 0.25) is 0 Å². The Bertz CT molecular complexity index is 1550. The van der Waals surface area contributed by atoms with Crippen molar-refractivity contribution in [1.82, 2.24) is 9.88 Å². The van der Waals surface area contributed by atoms with Gasteiger partial charge in [-0.05, 0) is 90.4 Å². The first-order valence-corrected chi connectivity index (χ1v) is 14.9. The number of phenols is 1. The Morgan fingerprint density at radius 1 is 1.09 bits per heavy atom. The highest BCUT2D eigenvalue weighted by Crippen LogP contribution is 2.50. The van der Waals surface area contributed by atoms with Gasteiger partial charge >= 0.3 is 0 Å². The summed E-state index contributed by atoms with van der Waals surface area (Å²) in [4.78, 5) is 32.9. The third-order valence-electron chi connectivity index (χ3n) is 8.69. The van der Waals surface area contributed by atoms with Crippen molar-refractivity contribution < 1.29 is 28.6 Å². The molecule has 6 rings (SSSR count). The Morgan fingerprint density at radius 2 is 1.91 bits per heavy atom. The fourth-order valence-corrected chi connectivity index (χ4v) is 6.73. The van der Waals surface area contributed by atoms with E-state index in [0.717, 1.165) is 34.6 Å². The predicted octanol–water partition coefficient (Wildman–Crippen LogP) is 6.05. The molecule has 1 aromatic heterocycles. The lowest BCUT2D eigenvalue weighted by atomic mass is 9.69. The first-order valence-electron chi connectivity index (χ1n) is 14.9. The van der Waals surface area contributed by atoms with Gasteiger partial charge in [-0.25, -0.2) is 4.39 Å². The van der Waals surface area contributed by atoms with E-state index < -0.39 is 23.4 Å². The third kappa shape index (κ3) is 5.84. The fraction of sp³-hybridized carbons (Fsp3) is 0.343. The fourth-order valence-electron chi connectivity index (χ4n) is 6.73. The molecule has 1 aliphatic carbocycles. The summed E-state index contributed by atoms with van der Waals surface area (Å²) in [5.41, 5.74) is 4.38. The number of aromatic nitrogens is 1. The molecule has 2 fully saturated rings. The molecule has 2 aliphatic heterocycles. The lowest BCUT2D eigenvalue weighted by Crippen LogP contribution is -2.35. The van der Waals surface area contributed by atoms with Gasteiger partial charge in [-0.3, -0.25) is 19.5 Å². The normalized spacial score (nSPS) is 23.5. The van der Waals surface area contributed by atoms with Crippen LogP contribution in [0.25, 0.3) is 11.6 Å².